The van der Waals surface area contributed by atoms with Gasteiger partial charge >= 0.3 is 0 Å². The summed E-state index contributed by atoms with van der Waals surface area (Å²) in [5.41, 5.74) is 31.1. The molecule has 13 rings (SSSR count). The fourth-order valence-corrected chi connectivity index (χ4v) is 13.0. The smallest absolute Gasteiger partial charge is 0.0695 e. The Morgan fingerprint density at radius 2 is 0.500 bits per heavy atom. The molecule has 0 N–H and O–H groups in total. The molecule has 60 heavy (non-hydrogen) atoms. The van der Waals surface area contributed by atoms with Gasteiger partial charge in [-0.25, -0.2) is 0 Å². The number of hydrogen-bond acceptors (Lipinski definition) is 0. The second-order valence-electron chi connectivity index (χ2n) is 21.1. The fraction of sp³-hybridized carbons (Fsp3) is 0.214. The Morgan fingerprint density at radius 3 is 0.800 bits per heavy atom. The zero-order valence-corrected chi connectivity index (χ0v) is 42.2. The maximum atomic E-state index is 2.67. The first-order valence-corrected chi connectivity index (χ1v) is 36.1. The number of allylic oxidation sites excluding steroid dienone is 4. The zero-order valence-electron chi connectivity index (χ0n) is 38.2. The molecule has 0 aliphatic heterocycles. The highest BCUT2D eigenvalue weighted by Crippen LogP contribution is 2.45. The predicted octanol–water partition coefficient (Wildman–Crippen LogP) is 17.1. The Hall–Kier alpha value is -4.85. The van der Waals surface area contributed by atoms with Crippen molar-refractivity contribution in [3.05, 3.63) is 191 Å². The van der Waals surface area contributed by atoms with Crippen molar-refractivity contribution in [2.45, 2.75) is 78.6 Å². The lowest BCUT2D eigenvalue weighted by atomic mass is 9.84. The molecule has 0 saturated carbocycles. The van der Waals surface area contributed by atoms with Gasteiger partial charge in [0.1, 0.15) is 0 Å². The molecule has 0 fully saturated rings. The van der Waals surface area contributed by atoms with E-state index in [9.17, 15) is 0 Å². The normalized spacial score (nSPS) is 16.5. The van der Waals surface area contributed by atoms with Crippen LogP contribution in [0.1, 0.15) is 22.3 Å². The van der Waals surface area contributed by atoms with E-state index in [-0.39, 0.29) is 0 Å². The molecule has 6 aromatic rings. The third-order valence-corrected chi connectivity index (χ3v) is 15.4. The van der Waals surface area contributed by atoms with Crippen molar-refractivity contribution in [3.8, 4) is 44.5 Å². The zero-order chi connectivity index (χ0) is 43.0. The highest BCUT2D eigenvalue weighted by molar-refractivity contribution is 6.84. The second kappa shape index (κ2) is 16.9. The van der Waals surface area contributed by atoms with Crippen LogP contribution in [0.4, 0.5) is 0 Å². The minimum absolute atomic E-state index is 1.24. The maximum absolute atomic E-state index is 2.67. The topological polar surface area (TPSA) is 0 Å². The van der Waals surface area contributed by atoms with Gasteiger partial charge in [-0.15, -0.1) is 0 Å². The van der Waals surface area contributed by atoms with Crippen LogP contribution in [0.15, 0.2) is 168 Å². The van der Waals surface area contributed by atoms with Crippen molar-refractivity contribution in [3.63, 3.8) is 0 Å². The summed E-state index contributed by atoms with van der Waals surface area (Å²) in [7, 11) is -6.84. The summed E-state index contributed by atoms with van der Waals surface area (Å²) in [6.45, 7) is 29.6. The van der Waals surface area contributed by atoms with Crippen LogP contribution < -0.4 is 0 Å². The first-order chi connectivity index (χ1) is 28.2. The summed E-state index contributed by atoms with van der Waals surface area (Å²) >= 11 is 0. The summed E-state index contributed by atoms with van der Waals surface area (Å²) in [5.74, 6) is 0. The molecule has 0 aromatic heterocycles. The summed E-state index contributed by atoms with van der Waals surface area (Å²) in [6, 6.07) is 55.6. The molecule has 0 unspecified atom stereocenters. The third kappa shape index (κ3) is 10.5. The van der Waals surface area contributed by atoms with Crippen LogP contribution >= 0.6 is 0 Å². The van der Waals surface area contributed by atoms with Crippen LogP contribution in [0.3, 0.4) is 0 Å². The molecule has 6 aromatic carbocycles. The van der Waals surface area contributed by atoms with Gasteiger partial charge in [-0.3, -0.25) is 0 Å². The number of hydrogen-bond donors (Lipinski definition) is 0. The highest BCUT2D eigenvalue weighted by Gasteiger charge is 2.26. The van der Waals surface area contributed by atoms with Crippen molar-refractivity contribution in [2.24, 2.45) is 0 Å². The van der Waals surface area contributed by atoms with Crippen molar-refractivity contribution >= 4 is 54.6 Å². The molecule has 4 heteroatoms. The number of benzene rings is 6. The summed E-state index contributed by atoms with van der Waals surface area (Å²) < 4.78 is 0. The van der Waals surface area contributed by atoms with Gasteiger partial charge in [-0.05, 0) is 101 Å². The van der Waals surface area contributed by atoms with Gasteiger partial charge in [-0.1, -0.05) is 235 Å². The van der Waals surface area contributed by atoms with Gasteiger partial charge in [0.2, 0.25) is 0 Å². The van der Waals surface area contributed by atoms with Crippen molar-refractivity contribution < 1.29 is 0 Å². The summed E-state index contributed by atoms with van der Waals surface area (Å²) in [4.78, 5) is 0. The van der Waals surface area contributed by atoms with Crippen molar-refractivity contribution in [1.82, 2.24) is 0 Å². The van der Waals surface area contributed by atoms with Crippen molar-refractivity contribution in [2.75, 3.05) is 0 Å². The molecule has 0 amide bonds. The maximum Gasteiger partial charge on any atom is 0.0695 e. The SMILES string of the molecule is C[Si](C)(C)/C=C1\C(=C\[Si](C)(C)C)c2ccc(cc2-c2ccccc2)-c2ccc(cc2)C(=C\[Si](C)(C)C)/C(=C/[Si](C)(C)C)c2ccc(cc2)-c2ccc1c(-c1ccccc1)c2. The highest BCUT2D eigenvalue weighted by atomic mass is 28.3. The molecule has 7 aliphatic rings. The molecular formula is C56H64Si4. The Bertz CT molecular complexity index is 2430. The number of rotatable bonds is 6. The summed E-state index contributed by atoms with van der Waals surface area (Å²) in [6.07, 6.45) is 0. The average Bonchev–Trinajstić information content (AvgIpc) is 3.19. The lowest BCUT2D eigenvalue weighted by Gasteiger charge is -2.26. The van der Waals surface area contributed by atoms with Crippen molar-refractivity contribution in [1.29, 1.82) is 0 Å². The molecule has 7 aliphatic carbocycles. The molecule has 8 bridgehead atoms. The van der Waals surface area contributed by atoms with Gasteiger partial charge in [-0.2, -0.15) is 0 Å². The molecule has 304 valence electrons. The molecular weight excluding hydrogens is 785 g/mol. The molecule has 0 heterocycles. The Morgan fingerprint density at radius 1 is 0.233 bits per heavy atom. The lowest BCUT2D eigenvalue weighted by Crippen LogP contribution is -2.20. The first kappa shape index (κ1) is 43.2. The monoisotopic (exact) mass is 848 g/mol. The molecule has 0 saturated heterocycles. The van der Waals surface area contributed by atoms with Gasteiger partial charge in [0.05, 0.1) is 32.3 Å². The Balaban J connectivity index is 1.63. The van der Waals surface area contributed by atoms with Crippen LogP contribution in [-0.2, 0) is 0 Å². The van der Waals surface area contributed by atoms with E-state index in [1.54, 1.807) is 0 Å². The van der Waals surface area contributed by atoms with Crippen LogP contribution in [0.2, 0.25) is 78.6 Å². The molecule has 0 radical (unpaired) electrons. The first-order valence-electron chi connectivity index (χ1n) is 21.7. The Kier molecular flexibility index (Phi) is 12.2. The van der Waals surface area contributed by atoms with E-state index in [1.165, 1.54) is 89.1 Å². The predicted molar refractivity (Wildman–Crippen MR) is 280 cm³/mol. The quantitative estimate of drug-likeness (QED) is 0.147. The molecule has 0 nitrogen and oxygen atoms in total. The standard InChI is InChI=1S/C56H64Si4/c1-57(2,3)37-53-45-27-23-41(24-28-45)47-31-33-49(51(35-47)43-19-15-13-16-20-43)55(39-59(7,8)9)56(40-60(10,11)12)50-34-32-48(36-52(50)44-21-17-14-18-22-44)42-25-29-46(30-26-42)54(53)38-58(4,5)6/h13-40H,1-12H3/b53-37+,54-38+,55-39-,56-40+. The fourth-order valence-electron chi connectivity index (χ4n) is 8.28. The summed E-state index contributed by atoms with van der Waals surface area (Å²) in [5, 5.41) is 0. The second-order valence-corrected chi connectivity index (χ2v) is 41.2. The Labute approximate surface area is 366 Å². The van der Waals surface area contributed by atoms with Crippen LogP contribution in [0.5, 0.6) is 0 Å². The van der Waals surface area contributed by atoms with Gasteiger partial charge in [0.25, 0.3) is 0 Å². The van der Waals surface area contributed by atoms with Crippen LogP contribution in [-0.4, -0.2) is 32.3 Å². The largest absolute Gasteiger partial charge is 0.0867 e. The minimum Gasteiger partial charge on any atom is -0.0867 e. The minimum atomic E-state index is -1.78. The lowest BCUT2D eigenvalue weighted by molar-refractivity contribution is 1.51. The van der Waals surface area contributed by atoms with E-state index in [0.29, 0.717) is 0 Å². The van der Waals surface area contributed by atoms with E-state index >= 15 is 0 Å². The van der Waals surface area contributed by atoms with E-state index in [4.69, 9.17) is 0 Å². The van der Waals surface area contributed by atoms with E-state index in [2.05, 4.69) is 247 Å². The average molecular weight is 849 g/mol. The van der Waals surface area contributed by atoms with E-state index < -0.39 is 32.3 Å². The van der Waals surface area contributed by atoms with Crippen LogP contribution in [0.25, 0.3) is 66.8 Å². The molecule has 0 atom stereocenters. The van der Waals surface area contributed by atoms with E-state index in [1.807, 2.05) is 0 Å². The molecule has 0 spiro atoms. The van der Waals surface area contributed by atoms with E-state index in [0.717, 1.165) is 0 Å². The van der Waals surface area contributed by atoms with Gasteiger partial charge in [0.15, 0.2) is 0 Å². The van der Waals surface area contributed by atoms with Crippen LogP contribution in [0, 0.1) is 0 Å². The third-order valence-electron chi connectivity index (χ3n) is 10.7. The van der Waals surface area contributed by atoms with Gasteiger partial charge < -0.3 is 0 Å². The van der Waals surface area contributed by atoms with Gasteiger partial charge in [0, 0.05) is 0 Å².